The van der Waals surface area contributed by atoms with Crippen LogP contribution in [0.15, 0.2) is 72.1 Å². The molecule has 2 aromatic carbocycles. The van der Waals surface area contributed by atoms with Crippen LogP contribution in [-0.2, 0) is 15.1 Å². The number of guanidine groups is 1. The van der Waals surface area contributed by atoms with Crippen molar-refractivity contribution in [2.75, 3.05) is 6.61 Å². The van der Waals surface area contributed by atoms with E-state index in [0.29, 0.717) is 21.5 Å². The lowest BCUT2D eigenvalue weighted by Gasteiger charge is -2.35. The fraction of sp³-hybridized carbons (Fsp3) is 0.333. The van der Waals surface area contributed by atoms with Gasteiger partial charge >= 0.3 is 18.7 Å². The maximum Gasteiger partial charge on any atom is 0.434 e. The van der Waals surface area contributed by atoms with E-state index in [4.69, 9.17) is 27.9 Å². The van der Waals surface area contributed by atoms with Crippen LogP contribution in [0, 0.1) is 11.2 Å². The van der Waals surface area contributed by atoms with Gasteiger partial charge in [-0.3, -0.25) is 14.7 Å². The zero-order chi connectivity index (χ0) is 38.2. The Hall–Kier alpha value is -5.15. The number of ether oxygens (including phenoxy) is 1. The highest BCUT2D eigenvalue weighted by Gasteiger charge is 2.56. The third-order valence-electron chi connectivity index (χ3n) is 8.67. The van der Waals surface area contributed by atoms with E-state index in [1.54, 1.807) is 24.3 Å². The van der Waals surface area contributed by atoms with Crippen LogP contribution >= 0.6 is 23.2 Å². The van der Waals surface area contributed by atoms with Crippen LogP contribution in [0.2, 0.25) is 10.0 Å². The molecular weight excluding hydrogens is 738 g/mol. The number of halogens is 5. The van der Waals surface area contributed by atoms with Crippen LogP contribution < -0.4 is 10.6 Å². The van der Waals surface area contributed by atoms with Crippen LogP contribution in [-0.4, -0.2) is 61.5 Å². The SMILES string of the molecule is CC(C)(C)C[C@]1(c2ccc(-c3cnn(C(F)F)c3)cc2F)NC(=NC(=O)O)N(C(COC(=O)NC2CC2)c2ccc(Cl)c(-c3ncccc3Cl)c2)C1=O. The van der Waals surface area contributed by atoms with Gasteiger partial charge in [-0.25, -0.2) is 18.7 Å². The molecule has 3 N–H and O–H groups in total. The summed E-state index contributed by atoms with van der Waals surface area (Å²) in [4.78, 5) is 49.2. The fourth-order valence-corrected chi connectivity index (χ4v) is 6.75. The minimum absolute atomic E-state index is 0.0521. The first-order chi connectivity index (χ1) is 25.1. The molecule has 17 heteroatoms. The second-order valence-corrected chi connectivity index (χ2v) is 14.8. The molecule has 2 atom stereocenters. The van der Waals surface area contributed by atoms with Crippen molar-refractivity contribution in [3.05, 3.63) is 94.1 Å². The molecular formula is C36H34Cl2F3N7O5. The van der Waals surface area contributed by atoms with Gasteiger partial charge in [0.15, 0.2) is 0 Å². The van der Waals surface area contributed by atoms with Crippen molar-refractivity contribution in [1.82, 2.24) is 30.3 Å². The predicted octanol–water partition coefficient (Wildman–Crippen LogP) is 8.18. The Morgan fingerprint density at radius 2 is 1.89 bits per heavy atom. The van der Waals surface area contributed by atoms with Gasteiger partial charge in [-0.1, -0.05) is 62.2 Å². The molecule has 1 saturated carbocycles. The first-order valence-electron chi connectivity index (χ1n) is 16.5. The van der Waals surface area contributed by atoms with Crippen LogP contribution in [0.4, 0.5) is 22.8 Å². The smallest absolute Gasteiger partial charge is 0.434 e. The van der Waals surface area contributed by atoms with Crippen LogP contribution in [0.3, 0.4) is 0 Å². The molecule has 0 spiro atoms. The van der Waals surface area contributed by atoms with E-state index in [1.165, 1.54) is 24.4 Å². The number of alkyl halides is 2. The summed E-state index contributed by atoms with van der Waals surface area (Å²) >= 11 is 13.1. The second kappa shape index (κ2) is 14.7. The van der Waals surface area contributed by atoms with Gasteiger partial charge in [0.25, 0.3) is 5.91 Å². The lowest BCUT2D eigenvalue weighted by molar-refractivity contribution is -0.135. The molecule has 1 unspecified atom stereocenters. The van der Waals surface area contributed by atoms with Gasteiger partial charge in [0.1, 0.15) is 18.0 Å². The predicted molar refractivity (Wildman–Crippen MR) is 190 cm³/mol. The Morgan fingerprint density at radius 3 is 2.51 bits per heavy atom. The second-order valence-electron chi connectivity index (χ2n) is 13.9. The number of carbonyl (C=O) groups is 3. The summed E-state index contributed by atoms with van der Waals surface area (Å²) in [6.45, 7) is 2.06. The molecule has 1 aliphatic carbocycles. The third-order valence-corrected chi connectivity index (χ3v) is 9.30. The van der Waals surface area contributed by atoms with E-state index in [0.717, 1.165) is 36.2 Å². The van der Waals surface area contributed by atoms with Crippen molar-refractivity contribution in [2.24, 2.45) is 10.4 Å². The van der Waals surface area contributed by atoms with Crippen molar-refractivity contribution in [3.63, 3.8) is 0 Å². The van der Waals surface area contributed by atoms with Crippen molar-refractivity contribution in [3.8, 4) is 22.4 Å². The molecule has 3 amide bonds. The minimum Gasteiger partial charge on any atom is -0.463 e. The van der Waals surface area contributed by atoms with Crippen LogP contribution in [0.25, 0.3) is 22.4 Å². The maximum atomic E-state index is 16.4. The summed E-state index contributed by atoms with van der Waals surface area (Å²) in [6, 6.07) is 10.5. The lowest BCUT2D eigenvalue weighted by Crippen LogP contribution is -2.48. The van der Waals surface area contributed by atoms with Gasteiger partial charge in [0.2, 0.25) is 5.96 Å². The monoisotopic (exact) mass is 771 g/mol. The zero-order valence-corrected chi connectivity index (χ0v) is 30.1. The Labute approximate surface area is 312 Å². The van der Waals surface area contributed by atoms with Gasteiger partial charge in [-0.05, 0) is 66.1 Å². The van der Waals surface area contributed by atoms with Gasteiger partial charge in [0, 0.05) is 35.1 Å². The number of rotatable bonds is 10. The molecule has 12 nitrogen and oxygen atoms in total. The third kappa shape index (κ3) is 8.10. The molecule has 53 heavy (non-hydrogen) atoms. The number of aliphatic imine (C=N–C) groups is 1. The molecule has 278 valence electrons. The molecule has 6 rings (SSSR count). The Balaban J connectivity index is 1.49. The first-order valence-corrected chi connectivity index (χ1v) is 17.2. The Bertz CT molecular complexity index is 2100. The van der Waals surface area contributed by atoms with E-state index in [9.17, 15) is 23.5 Å². The highest BCUT2D eigenvalue weighted by atomic mass is 35.5. The standard InChI is InChI=1S/C36H34Cl2F3N7O5/c1-35(2,3)18-36(24-10-6-19(14-27(24)39)21-15-43-47(16-21)31(40)41)30(49)48(32(46-36)45-33(50)51)28(17-53-34(52)44-22-8-9-22)20-7-11-25(37)23(13-20)29-26(38)5-4-12-42-29/h4-7,10-16,22,28,31H,8-9,17-18H2,1-3H3,(H,44,52)(H,45,46)(H,50,51)/t28?,36-/m1/s1. The molecule has 2 fully saturated rings. The fourth-order valence-electron chi connectivity index (χ4n) is 6.32. The molecule has 2 aliphatic rings. The number of amides is 3. The van der Waals surface area contributed by atoms with Crippen molar-refractivity contribution < 1.29 is 37.4 Å². The van der Waals surface area contributed by atoms with E-state index in [1.807, 2.05) is 20.8 Å². The number of nitrogens with one attached hydrogen (secondary N) is 2. The number of aromatic nitrogens is 3. The summed E-state index contributed by atoms with van der Waals surface area (Å²) in [5.74, 6) is -2.13. The molecule has 3 heterocycles. The average Bonchev–Trinajstić information content (AvgIpc) is 3.67. The van der Waals surface area contributed by atoms with E-state index in [-0.39, 0.29) is 39.2 Å². The minimum atomic E-state index is -2.91. The number of hydrogen-bond donors (Lipinski definition) is 3. The zero-order valence-electron chi connectivity index (χ0n) is 28.6. The summed E-state index contributed by atoms with van der Waals surface area (Å²) in [5, 5.41) is 19.7. The van der Waals surface area contributed by atoms with Crippen molar-refractivity contribution in [1.29, 1.82) is 0 Å². The summed E-state index contributed by atoms with van der Waals surface area (Å²) < 4.78 is 48.9. The number of pyridine rings is 1. The summed E-state index contributed by atoms with van der Waals surface area (Å²) in [7, 11) is 0. The molecule has 1 saturated heterocycles. The highest BCUT2D eigenvalue weighted by Crippen LogP contribution is 2.44. The van der Waals surface area contributed by atoms with E-state index >= 15 is 9.18 Å². The van der Waals surface area contributed by atoms with Gasteiger partial charge in [-0.2, -0.15) is 13.9 Å². The topological polar surface area (TPSA) is 151 Å². The molecule has 0 bridgehead atoms. The van der Waals surface area contributed by atoms with Gasteiger partial charge < -0.3 is 20.5 Å². The molecule has 0 radical (unpaired) electrons. The molecule has 1 aliphatic heterocycles. The number of carboxylic acid groups (broad SMARTS) is 1. The average molecular weight is 773 g/mol. The molecule has 4 aromatic rings. The highest BCUT2D eigenvalue weighted by molar-refractivity contribution is 6.36. The number of alkyl carbamates (subject to hydrolysis) is 1. The van der Waals surface area contributed by atoms with Crippen LogP contribution in [0.1, 0.15) is 63.8 Å². The first kappa shape index (κ1) is 37.6. The Morgan fingerprint density at radius 1 is 1.13 bits per heavy atom. The van der Waals surface area contributed by atoms with E-state index < -0.39 is 60.0 Å². The van der Waals surface area contributed by atoms with Crippen molar-refractivity contribution in [2.45, 2.75) is 64.2 Å². The number of hydrogen-bond acceptors (Lipinski definition) is 6. The summed E-state index contributed by atoms with van der Waals surface area (Å²) in [5.41, 5.74) is -1.36. The largest absolute Gasteiger partial charge is 0.463 e. The van der Waals surface area contributed by atoms with Gasteiger partial charge in [0.05, 0.1) is 28.0 Å². The quantitative estimate of drug-likeness (QED) is 0.146. The number of nitrogens with zero attached hydrogens (tertiary/aromatic N) is 5. The number of carbonyl (C=O) groups excluding carboxylic acids is 2. The normalized spacial score (nSPS) is 18.7. The Kier molecular flexibility index (Phi) is 10.4. The maximum absolute atomic E-state index is 16.4. The number of benzene rings is 2. The van der Waals surface area contributed by atoms with Crippen molar-refractivity contribution >= 4 is 47.3 Å². The van der Waals surface area contributed by atoms with Gasteiger partial charge in [-0.15, -0.1) is 4.99 Å². The lowest BCUT2D eigenvalue weighted by atomic mass is 9.75. The van der Waals surface area contributed by atoms with E-state index in [2.05, 4.69) is 25.7 Å². The summed E-state index contributed by atoms with van der Waals surface area (Å²) in [6.07, 6.45) is 2.81. The molecule has 2 aromatic heterocycles. The van der Waals surface area contributed by atoms with Crippen LogP contribution in [0.5, 0.6) is 0 Å².